The monoisotopic (exact) mass is 164 g/mol. The summed E-state index contributed by atoms with van der Waals surface area (Å²) in [4.78, 5) is 0. The molecule has 64 valence electrons. The predicted molar refractivity (Wildman–Crippen MR) is 49.5 cm³/mol. The van der Waals surface area contributed by atoms with Crippen molar-refractivity contribution in [2.75, 3.05) is 7.11 Å². The summed E-state index contributed by atoms with van der Waals surface area (Å²) in [6, 6.07) is 3.42. The quantitative estimate of drug-likeness (QED) is 0.727. The summed E-state index contributed by atoms with van der Waals surface area (Å²) >= 11 is 0. The van der Waals surface area contributed by atoms with Crippen molar-refractivity contribution in [3.05, 3.63) is 29.8 Å². The van der Waals surface area contributed by atoms with Crippen LogP contribution in [0.15, 0.2) is 18.7 Å². The maximum Gasteiger partial charge on any atom is 0.161 e. The maximum absolute atomic E-state index is 9.35. The number of benzene rings is 1. The van der Waals surface area contributed by atoms with Crippen LogP contribution in [0.1, 0.15) is 11.1 Å². The van der Waals surface area contributed by atoms with E-state index in [1.165, 1.54) is 7.11 Å². The van der Waals surface area contributed by atoms with Crippen molar-refractivity contribution in [2.45, 2.75) is 6.92 Å². The number of aromatic hydroxyl groups is 1. The number of rotatable bonds is 2. The summed E-state index contributed by atoms with van der Waals surface area (Å²) in [5, 5.41) is 9.35. The van der Waals surface area contributed by atoms with Crippen molar-refractivity contribution in [3.63, 3.8) is 0 Å². The van der Waals surface area contributed by atoms with E-state index in [9.17, 15) is 5.11 Å². The fraction of sp³-hybridized carbons (Fsp3) is 0.200. The van der Waals surface area contributed by atoms with E-state index in [1.807, 2.05) is 6.92 Å². The molecule has 0 aliphatic rings. The molecule has 12 heavy (non-hydrogen) atoms. The van der Waals surface area contributed by atoms with Gasteiger partial charge in [0.2, 0.25) is 0 Å². The van der Waals surface area contributed by atoms with Gasteiger partial charge in [0.05, 0.1) is 7.11 Å². The Balaban J connectivity index is 3.26. The van der Waals surface area contributed by atoms with Gasteiger partial charge in [-0.05, 0) is 30.2 Å². The zero-order chi connectivity index (χ0) is 9.14. The highest BCUT2D eigenvalue weighted by Gasteiger charge is 2.03. The van der Waals surface area contributed by atoms with Crippen LogP contribution in [0.3, 0.4) is 0 Å². The minimum atomic E-state index is 0.167. The van der Waals surface area contributed by atoms with Crippen molar-refractivity contribution >= 4 is 6.08 Å². The van der Waals surface area contributed by atoms with Crippen LogP contribution in [0.2, 0.25) is 0 Å². The van der Waals surface area contributed by atoms with Crippen LogP contribution in [-0.4, -0.2) is 12.2 Å². The second-order valence-electron chi connectivity index (χ2n) is 2.58. The second-order valence-corrected chi connectivity index (χ2v) is 2.58. The number of phenols is 1. The Kier molecular flexibility index (Phi) is 2.38. The highest BCUT2D eigenvalue weighted by Crippen LogP contribution is 2.29. The summed E-state index contributed by atoms with van der Waals surface area (Å²) < 4.78 is 4.94. The first-order chi connectivity index (χ1) is 5.69. The molecule has 1 rings (SSSR count). The second kappa shape index (κ2) is 3.30. The van der Waals surface area contributed by atoms with Gasteiger partial charge in [0.1, 0.15) is 0 Å². The van der Waals surface area contributed by atoms with E-state index in [2.05, 4.69) is 6.58 Å². The van der Waals surface area contributed by atoms with E-state index < -0.39 is 0 Å². The number of hydrogen-bond acceptors (Lipinski definition) is 2. The molecule has 0 atom stereocenters. The maximum atomic E-state index is 9.35. The van der Waals surface area contributed by atoms with Gasteiger partial charge in [-0.25, -0.2) is 0 Å². The van der Waals surface area contributed by atoms with E-state index in [-0.39, 0.29) is 5.75 Å². The summed E-state index contributed by atoms with van der Waals surface area (Å²) in [6.45, 7) is 5.57. The molecule has 0 aliphatic heterocycles. The van der Waals surface area contributed by atoms with Crippen LogP contribution < -0.4 is 4.74 Å². The lowest BCUT2D eigenvalue weighted by Crippen LogP contribution is -1.87. The molecule has 0 spiro atoms. The van der Waals surface area contributed by atoms with Crippen LogP contribution in [0, 0.1) is 6.92 Å². The molecule has 2 nitrogen and oxygen atoms in total. The Hall–Kier alpha value is -1.44. The third-order valence-corrected chi connectivity index (χ3v) is 1.79. The van der Waals surface area contributed by atoms with E-state index in [0.29, 0.717) is 5.75 Å². The van der Waals surface area contributed by atoms with Crippen LogP contribution >= 0.6 is 0 Å². The largest absolute Gasteiger partial charge is 0.504 e. The fourth-order valence-corrected chi connectivity index (χ4v) is 1.07. The SMILES string of the molecule is C=Cc1cc(OC)c(O)cc1C. The molecule has 0 unspecified atom stereocenters. The zero-order valence-corrected chi connectivity index (χ0v) is 7.29. The third-order valence-electron chi connectivity index (χ3n) is 1.79. The van der Waals surface area contributed by atoms with Crippen molar-refractivity contribution in [1.29, 1.82) is 0 Å². The minimum Gasteiger partial charge on any atom is -0.504 e. The van der Waals surface area contributed by atoms with Crippen LogP contribution in [0.4, 0.5) is 0 Å². The Labute approximate surface area is 72.1 Å². The van der Waals surface area contributed by atoms with Crippen molar-refractivity contribution < 1.29 is 9.84 Å². The molecule has 0 fully saturated rings. The molecule has 0 radical (unpaired) electrons. The van der Waals surface area contributed by atoms with Gasteiger partial charge in [0.25, 0.3) is 0 Å². The topological polar surface area (TPSA) is 29.5 Å². The number of methoxy groups -OCH3 is 1. The van der Waals surface area contributed by atoms with Gasteiger partial charge in [-0.2, -0.15) is 0 Å². The van der Waals surface area contributed by atoms with Gasteiger partial charge < -0.3 is 9.84 Å². The summed E-state index contributed by atoms with van der Waals surface area (Å²) in [6.07, 6.45) is 1.73. The fourth-order valence-electron chi connectivity index (χ4n) is 1.07. The molecule has 1 N–H and O–H groups in total. The Morgan fingerprint density at radius 1 is 1.50 bits per heavy atom. The highest BCUT2D eigenvalue weighted by atomic mass is 16.5. The van der Waals surface area contributed by atoms with Crippen LogP contribution in [0.5, 0.6) is 11.5 Å². The van der Waals surface area contributed by atoms with E-state index in [4.69, 9.17) is 4.74 Å². The first-order valence-electron chi connectivity index (χ1n) is 3.69. The molecule has 1 aromatic carbocycles. The lowest BCUT2D eigenvalue weighted by Gasteiger charge is -2.06. The molecule has 0 aromatic heterocycles. The summed E-state index contributed by atoms with van der Waals surface area (Å²) in [7, 11) is 1.53. The predicted octanol–water partition coefficient (Wildman–Crippen LogP) is 2.35. The smallest absolute Gasteiger partial charge is 0.161 e. The highest BCUT2D eigenvalue weighted by molar-refractivity contribution is 5.58. The first kappa shape index (κ1) is 8.65. The molecule has 0 amide bonds. The summed E-state index contributed by atoms with van der Waals surface area (Å²) in [5.41, 5.74) is 1.97. The Bertz CT molecular complexity index is 303. The Morgan fingerprint density at radius 3 is 2.67 bits per heavy atom. The molecule has 0 saturated carbocycles. The van der Waals surface area contributed by atoms with Gasteiger partial charge in [-0.3, -0.25) is 0 Å². The van der Waals surface area contributed by atoms with E-state index in [0.717, 1.165) is 11.1 Å². The number of ether oxygens (including phenoxy) is 1. The molecule has 1 aromatic rings. The molecular formula is C10H12O2. The number of aryl methyl sites for hydroxylation is 1. The number of phenolic OH excluding ortho intramolecular Hbond substituents is 1. The van der Waals surface area contributed by atoms with Gasteiger partial charge >= 0.3 is 0 Å². The number of hydrogen-bond donors (Lipinski definition) is 1. The van der Waals surface area contributed by atoms with Gasteiger partial charge in [-0.15, -0.1) is 0 Å². The zero-order valence-electron chi connectivity index (χ0n) is 7.29. The van der Waals surface area contributed by atoms with Gasteiger partial charge in [-0.1, -0.05) is 12.7 Å². The van der Waals surface area contributed by atoms with Gasteiger partial charge in [0, 0.05) is 0 Å². The lowest BCUT2D eigenvalue weighted by atomic mass is 10.1. The van der Waals surface area contributed by atoms with Gasteiger partial charge in [0.15, 0.2) is 11.5 Å². The molecule has 0 aliphatic carbocycles. The third kappa shape index (κ3) is 1.42. The van der Waals surface area contributed by atoms with Crippen molar-refractivity contribution in [3.8, 4) is 11.5 Å². The molecule has 0 saturated heterocycles. The Morgan fingerprint density at radius 2 is 2.17 bits per heavy atom. The molecule has 0 bridgehead atoms. The standard InChI is InChI=1S/C10H12O2/c1-4-8-6-10(12-3)9(11)5-7(8)2/h4-6,11H,1H2,2-3H3. The van der Waals surface area contributed by atoms with E-state index >= 15 is 0 Å². The first-order valence-corrected chi connectivity index (χ1v) is 3.69. The molecular weight excluding hydrogens is 152 g/mol. The average molecular weight is 164 g/mol. The lowest BCUT2D eigenvalue weighted by molar-refractivity contribution is 0.373. The average Bonchev–Trinajstić information content (AvgIpc) is 2.05. The normalized spacial score (nSPS) is 9.50. The molecule has 2 heteroatoms. The van der Waals surface area contributed by atoms with Crippen molar-refractivity contribution in [2.24, 2.45) is 0 Å². The molecule has 0 heterocycles. The van der Waals surface area contributed by atoms with Crippen molar-refractivity contribution in [1.82, 2.24) is 0 Å². The minimum absolute atomic E-state index is 0.167. The summed E-state index contributed by atoms with van der Waals surface area (Å²) in [5.74, 6) is 0.649. The van der Waals surface area contributed by atoms with Crippen LogP contribution in [-0.2, 0) is 0 Å². The van der Waals surface area contributed by atoms with E-state index in [1.54, 1.807) is 18.2 Å². The van der Waals surface area contributed by atoms with Crippen LogP contribution in [0.25, 0.3) is 6.08 Å².